The van der Waals surface area contributed by atoms with Crippen molar-refractivity contribution in [3.8, 4) is 11.1 Å². The van der Waals surface area contributed by atoms with Crippen LogP contribution in [0.4, 0.5) is 8.78 Å². The molecule has 0 radical (unpaired) electrons. The van der Waals surface area contributed by atoms with E-state index in [0.717, 1.165) is 5.56 Å². The lowest BCUT2D eigenvalue weighted by Gasteiger charge is -2.09. The zero-order chi connectivity index (χ0) is 12.4. The van der Waals surface area contributed by atoms with E-state index in [4.69, 9.17) is 5.73 Å². The van der Waals surface area contributed by atoms with Crippen molar-refractivity contribution in [2.75, 3.05) is 0 Å². The summed E-state index contributed by atoms with van der Waals surface area (Å²) in [7, 11) is 0. The molecule has 0 saturated carbocycles. The van der Waals surface area contributed by atoms with Crippen molar-refractivity contribution < 1.29 is 8.78 Å². The van der Waals surface area contributed by atoms with Crippen LogP contribution in [0.2, 0.25) is 0 Å². The Morgan fingerprint density at radius 1 is 1.06 bits per heavy atom. The predicted octanol–water partition coefficient (Wildman–Crippen LogP) is 3.65. The second-order valence-electron chi connectivity index (χ2n) is 4.04. The van der Waals surface area contributed by atoms with Crippen LogP contribution in [-0.4, -0.2) is 0 Å². The van der Waals surface area contributed by atoms with E-state index in [2.05, 4.69) is 0 Å². The minimum absolute atomic E-state index is 0.178. The van der Waals surface area contributed by atoms with Crippen molar-refractivity contribution in [1.82, 2.24) is 0 Å². The Balaban J connectivity index is 2.54. The summed E-state index contributed by atoms with van der Waals surface area (Å²) in [6.07, 6.45) is 0. The largest absolute Gasteiger partial charge is 0.324 e. The van der Waals surface area contributed by atoms with Crippen molar-refractivity contribution in [2.24, 2.45) is 5.73 Å². The molecule has 0 spiro atoms. The SMILES string of the molecule is CC(N)c1ccc(F)c(-c2cccc(F)c2)c1. The van der Waals surface area contributed by atoms with Crippen molar-refractivity contribution in [3.05, 3.63) is 59.7 Å². The average molecular weight is 233 g/mol. The molecule has 2 aromatic carbocycles. The summed E-state index contributed by atoms with van der Waals surface area (Å²) in [4.78, 5) is 0. The first-order valence-corrected chi connectivity index (χ1v) is 5.39. The molecule has 1 atom stereocenters. The van der Waals surface area contributed by atoms with E-state index >= 15 is 0 Å². The summed E-state index contributed by atoms with van der Waals surface area (Å²) >= 11 is 0. The fraction of sp³-hybridized carbons (Fsp3) is 0.143. The van der Waals surface area contributed by atoms with Gasteiger partial charge in [0.1, 0.15) is 11.6 Å². The van der Waals surface area contributed by atoms with Crippen LogP contribution in [0.1, 0.15) is 18.5 Å². The zero-order valence-electron chi connectivity index (χ0n) is 9.45. The third-order valence-corrected chi connectivity index (χ3v) is 2.65. The van der Waals surface area contributed by atoms with Gasteiger partial charge in [0.25, 0.3) is 0 Å². The predicted molar refractivity (Wildman–Crippen MR) is 64.4 cm³/mol. The van der Waals surface area contributed by atoms with Crippen molar-refractivity contribution in [3.63, 3.8) is 0 Å². The summed E-state index contributed by atoms with van der Waals surface area (Å²) in [5, 5.41) is 0. The van der Waals surface area contributed by atoms with Crippen LogP contribution >= 0.6 is 0 Å². The molecule has 0 amide bonds. The van der Waals surface area contributed by atoms with Gasteiger partial charge in [0.2, 0.25) is 0 Å². The second-order valence-corrected chi connectivity index (χ2v) is 4.04. The first-order chi connectivity index (χ1) is 8.08. The standard InChI is InChI=1S/C14H13F2N/c1-9(17)10-5-6-14(16)13(8-10)11-3-2-4-12(15)7-11/h2-9H,17H2,1H3. The highest BCUT2D eigenvalue weighted by atomic mass is 19.1. The summed E-state index contributed by atoms with van der Waals surface area (Å²) in [6, 6.07) is 10.4. The first kappa shape index (κ1) is 11.7. The van der Waals surface area contributed by atoms with Gasteiger partial charge in [0.05, 0.1) is 0 Å². The van der Waals surface area contributed by atoms with Gasteiger partial charge in [-0.3, -0.25) is 0 Å². The zero-order valence-corrected chi connectivity index (χ0v) is 9.45. The van der Waals surface area contributed by atoms with Gasteiger partial charge in [-0.15, -0.1) is 0 Å². The summed E-state index contributed by atoms with van der Waals surface area (Å²) in [5.41, 5.74) is 7.46. The molecular formula is C14H13F2N. The number of hydrogen-bond acceptors (Lipinski definition) is 1. The van der Waals surface area contributed by atoms with E-state index in [0.29, 0.717) is 11.1 Å². The fourth-order valence-corrected chi connectivity index (χ4v) is 1.70. The monoisotopic (exact) mass is 233 g/mol. The molecule has 3 heteroatoms. The third kappa shape index (κ3) is 2.50. The Morgan fingerprint density at radius 2 is 1.82 bits per heavy atom. The third-order valence-electron chi connectivity index (χ3n) is 2.65. The quantitative estimate of drug-likeness (QED) is 0.841. The van der Waals surface area contributed by atoms with Crippen LogP contribution in [0.25, 0.3) is 11.1 Å². The van der Waals surface area contributed by atoms with Gasteiger partial charge < -0.3 is 5.73 Å². The van der Waals surface area contributed by atoms with Crippen LogP contribution in [0.15, 0.2) is 42.5 Å². The molecule has 1 nitrogen and oxygen atoms in total. The van der Waals surface area contributed by atoms with Crippen LogP contribution in [0, 0.1) is 11.6 Å². The van der Waals surface area contributed by atoms with Crippen molar-refractivity contribution >= 4 is 0 Å². The van der Waals surface area contributed by atoms with E-state index in [-0.39, 0.29) is 17.7 Å². The summed E-state index contributed by atoms with van der Waals surface area (Å²) in [5.74, 6) is -0.756. The minimum Gasteiger partial charge on any atom is -0.324 e. The minimum atomic E-state index is -0.381. The highest BCUT2D eigenvalue weighted by Crippen LogP contribution is 2.26. The van der Waals surface area contributed by atoms with E-state index in [9.17, 15) is 8.78 Å². The van der Waals surface area contributed by atoms with E-state index < -0.39 is 0 Å². The number of hydrogen-bond donors (Lipinski definition) is 1. The fourth-order valence-electron chi connectivity index (χ4n) is 1.70. The highest BCUT2D eigenvalue weighted by molar-refractivity contribution is 5.65. The topological polar surface area (TPSA) is 26.0 Å². The lowest BCUT2D eigenvalue weighted by atomic mass is 10.00. The van der Waals surface area contributed by atoms with E-state index in [1.54, 1.807) is 24.3 Å². The Labute approximate surface area is 98.9 Å². The average Bonchev–Trinajstić information content (AvgIpc) is 2.29. The number of rotatable bonds is 2. The smallest absolute Gasteiger partial charge is 0.131 e. The summed E-state index contributed by atoms with van der Waals surface area (Å²) in [6.45, 7) is 1.82. The maximum Gasteiger partial charge on any atom is 0.131 e. The van der Waals surface area contributed by atoms with Gasteiger partial charge in [0, 0.05) is 11.6 Å². The maximum absolute atomic E-state index is 13.7. The highest BCUT2D eigenvalue weighted by Gasteiger charge is 2.08. The van der Waals surface area contributed by atoms with Gasteiger partial charge in [0.15, 0.2) is 0 Å². The van der Waals surface area contributed by atoms with Crippen LogP contribution in [0.5, 0.6) is 0 Å². The number of nitrogens with two attached hydrogens (primary N) is 1. The van der Waals surface area contributed by atoms with Gasteiger partial charge in [-0.1, -0.05) is 18.2 Å². The summed E-state index contributed by atoms with van der Waals surface area (Å²) < 4.78 is 26.8. The van der Waals surface area contributed by atoms with Crippen LogP contribution < -0.4 is 5.73 Å². The van der Waals surface area contributed by atoms with E-state index in [1.165, 1.54) is 18.2 Å². The van der Waals surface area contributed by atoms with E-state index in [1.807, 2.05) is 6.92 Å². The van der Waals surface area contributed by atoms with Gasteiger partial charge in [-0.05, 0) is 42.3 Å². The molecule has 88 valence electrons. The molecule has 2 rings (SSSR count). The maximum atomic E-state index is 13.7. The molecule has 0 fully saturated rings. The molecule has 0 aromatic heterocycles. The molecule has 2 aromatic rings. The molecule has 0 aliphatic carbocycles. The molecule has 0 aliphatic heterocycles. The molecule has 2 N–H and O–H groups in total. The first-order valence-electron chi connectivity index (χ1n) is 5.39. The molecule has 0 bridgehead atoms. The normalized spacial score (nSPS) is 12.5. The molecule has 0 saturated heterocycles. The Morgan fingerprint density at radius 3 is 2.47 bits per heavy atom. The Kier molecular flexibility index (Phi) is 3.20. The number of halogens is 2. The van der Waals surface area contributed by atoms with Crippen LogP contribution in [-0.2, 0) is 0 Å². The van der Waals surface area contributed by atoms with Crippen LogP contribution in [0.3, 0.4) is 0 Å². The molecule has 1 unspecified atom stereocenters. The van der Waals surface area contributed by atoms with Crippen molar-refractivity contribution in [1.29, 1.82) is 0 Å². The molecular weight excluding hydrogens is 220 g/mol. The second kappa shape index (κ2) is 4.63. The molecule has 0 heterocycles. The Hall–Kier alpha value is -1.74. The Bertz CT molecular complexity index is 535. The van der Waals surface area contributed by atoms with Crippen molar-refractivity contribution in [2.45, 2.75) is 13.0 Å². The lowest BCUT2D eigenvalue weighted by Crippen LogP contribution is -2.05. The van der Waals surface area contributed by atoms with Gasteiger partial charge in [-0.2, -0.15) is 0 Å². The molecule has 0 aliphatic rings. The lowest BCUT2D eigenvalue weighted by molar-refractivity contribution is 0.624. The number of benzene rings is 2. The van der Waals surface area contributed by atoms with Gasteiger partial charge in [-0.25, -0.2) is 8.78 Å². The molecule has 17 heavy (non-hydrogen) atoms. The van der Waals surface area contributed by atoms with Gasteiger partial charge >= 0.3 is 0 Å².